The fourth-order valence-corrected chi connectivity index (χ4v) is 4.13. The molecular weight excluding hydrogens is 340 g/mol. The van der Waals surface area contributed by atoms with Gasteiger partial charge in [0.05, 0.1) is 20.3 Å². The number of methoxy groups -OCH3 is 2. The Balaban J connectivity index is 1.46. The van der Waals surface area contributed by atoms with Gasteiger partial charge in [-0.2, -0.15) is 0 Å². The summed E-state index contributed by atoms with van der Waals surface area (Å²) in [6, 6.07) is 12.2. The molecule has 2 aromatic carbocycles. The van der Waals surface area contributed by atoms with Crippen LogP contribution in [0.4, 0.5) is 0 Å². The number of rotatable bonds is 6. The average molecular weight is 366 g/mol. The van der Waals surface area contributed by atoms with Gasteiger partial charge in [0.15, 0.2) is 0 Å². The Morgan fingerprint density at radius 3 is 2.48 bits per heavy atom. The van der Waals surface area contributed by atoms with Crippen LogP contribution in [0.2, 0.25) is 0 Å². The van der Waals surface area contributed by atoms with E-state index in [2.05, 4.69) is 34.7 Å². The third-order valence-electron chi connectivity index (χ3n) is 5.56. The zero-order valence-corrected chi connectivity index (χ0v) is 15.8. The molecular formula is C22H26N2O3. The summed E-state index contributed by atoms with van der Waals surface area (Å²) in [6.07, 6.45) is 3.84. The molecule has 142 valence electrons. The fraction of sp³-hybridized carbons (Fsp3) is 0.364. The minimum Gasteiger partial charge on any atom is -0.496 e. The maximum atomic E-state index is 10.7. The SMILES string of the molecule is COc1ccc(OC)c2c1C[C@H](NCCc1c[nH]c3ccccc13)[C@@H](O)C2. The van der Waals surface area contributed by atoms with Gasteiger partial charge in [0.2, 0.25) is 0 Å². The summed E-state index contributed by atoms with van der Waals surface area (Å²) in [6.45, 7) is 0.811. The first kappa shape index (κ1) is 17.9. The standard InChI is InChI=1S/C22H26N2O3/c1-26-21-7-8-22(27-2)17-12-20(25)19(11-16(17)21)23-10-9-14-13-24-18-6-4-3-5-15(14)18/h3-8,13,19-20,23-25H,9-12H2,1-2H3/t19-,20-/m0/s1. The summed E-state index contributed by atoms with van der Waals surface area (Å²) >= 11 is 0. The van der Waals surface area contributed by atoms with Gasteiger partial charge in [0, 0.05) is 40.7 Å². The van der Waals surface area contributed by atoms with Crippen LogP contribution in [0.1, 0.15) is 16.7 Å². The van der Waals surface area contributed by atoms with Crippen molar-refractivity contribution in [3.05, 3.63) is 59.3 Å². The molecule has 0 fully saturated rings. The van der Waals surface area contributed by atoms with Crippen LogP contribution in [0.15, 0.2) is 42.6 Å². The Labute approximate surface area is 159 Å². The first-order valence-electron chi connectivity index (χ1n) is 9.40. The van der Waals surface area contributed by atoms with E-state index in [0.717, 1.165) is 47.5 Å². The van der Waals surface area contributed by atoms with Crippen molar-refractivity contribution in [2.24, 2.45) is 0 Å². The predicted molar refractivity (Wildman–Crippen MR) is 107 cm³/mol. The van der Waals surface area contributed by atoms with E-state index in [0.29, 0.717) is 6.42 Å². The van der Waals surface area contributed by atoms with Gasteiger partial charge in [-0.15, -0.1) is 0 Å². The average Bonchev–Trinajstić information content (AvgIpc) is 3.11. The summed E-state index contributed by atoms with van der Waals surface area (Å²) in [7, 11) is 3.35. The van der Waals surface area contributed by atoms with E-state index in [1.807, 2.05) is 18.2 Å². The number of benzene rings is 2. The molecule has 4 rings (SSSR count). The molecule has 1 aromatic heterocycles. The topological polar surface area (TPSA) is 66.5 Å². The van der Waals surface area contributed by atoms with Crippen molar-refractivity contribution < 1.29 is 14.6 Å². The van der Waals surface area contributed by atoms with Gasteiger partial charge in [-0.1, -0.05) is 18.2 Å². The zero-order valence-electron chi connectivity index (χ0n) is 15.8. The Morgan fingerprint density at radius 2 is 1.74 bits per heavy atom. The highest BCUT2D eigenvalue weighted by Gasteiger charge is 2.30. The number of fused-ring (bicyclic) bond motifs is 2. The summed E-state index contributed by atoms with van der Waals surface area (Å²) in [4.78, 5) is 3.32. The molecule has 5 heteroatoms. The molecule has 1 aliphatic rings. The lowest BCUT2D eigenvalue weighted by atomic mass is 9.85. The molecule has 27 heavy (non-hydrogen) atoms. The smallest absolute Gasteiger partial charge is 0.122 e. The maximum absolute atomic E-state index is 10.7. The number of para-hydroxylation sites is 1. The predicted octanol–water partition coefficient (Wildman–Crippen LogP) is 2.85. The van der Waals surface area contributed by atoms with Gasteiger partial charge >= 0.3 is 0 Å². The van der Waals surface area contributed by atoms with Crippen LogP contribution in [0.25, 0.3) is 10.9 Å². The minimum atomic E-state index is -0.443. The Hall–Kier alpha value is -2.50. The normalized spacial score (nSPS) is 19.1. The van der Waals surface area contributed by atoms with Crippen LogP contribution in [-0.4, -0.2) is 43.0 Å². The molecule has 0 radical (unpaired) electrons. The summed E-state index contributed by atoms with van der Waals surface area (Å²) < 4.78 is 11.0. The van der Waals surface area contributed by atoms with Crippen LogP contribution in [0.5, 0.6) is 11.5 Å². The molecule has 3 aromatic rings. The van der Waals surface area contributed by atoms with E-state index in [1.165, 1.54) is 10.9 Å². The maximum Gasteiger partial charge on any atom is 0.122 e. The second-order valence-corrected chi connectivity index (χ2v) is 7.07. The molecule has 0 bridgehead atoms. The van der Waals surface area contributed by atoms with Gasteiger partial charge in [0.1, 0.15) is 11.5 Å². The summed E-state index contributed by atoms with van der Waals surface area (Å²) in [5, 5.41) is 15.5. The molecule has 0 unspecified atom stereocenters. The summed E-state index contributed by atoms with van der Waals surface area (Å²) in [5.74, 6) is 1.68. The van der Waals surface area contributed by atoms with Crippen LogP contribution in [-0.2, 0) is 19.3 Å². The second-order valence-electron chi connectivity index (χ2n) is 7.07. The Bertz CT molecular complexity index is 934. The number of ether oxygens (including phenoxy) is 2. The van der Waals surface area contributed by atoms with Gasteiger partial charge in [-0.25, -0.2) is 0 Å². The highest BCUT2D eigenvalue weighted by atomic mass is 16.5. The number of hydrogen-bond donors (Lipinski definition) is 3. The Kier molecular flexibility index (Phi) is 5.05. The van der Waals surface area contributed by atoms with Crippen LogP contribution < -0.4 is 14.8 Å². The second kappa shape index (κ2) is 7.62. The first-order valence-corrected chi connectivity index (χ1v) is 9.40. The molecule has 0 spiro atoms. The fourth-order valence-electron chi connectivity index (χ4n) is 4.13. The van der Waals surface area contributed by atoms with E-state index in [-0.39, 0.29) is 6.04 Å². The van der Waals surface area contributed by atoms with Crippen molar-refractivity contribution in [2.45, 2.75) is 31.4 Å². The number of aliphatic hydroxyl groups is 1. The van der Waals surface area contributed by atoms with E-state index in [9.17, 15) is 5.11 Å². The highest BCUT2D eigenvalue weighted by molar-refractivity contribution is 5.83. The number of hydrogen-bond acceptors (Lipinski definition) is 4. The van der Waals surface area contributed by atoms with Gasteiger partial charge in [0.25, 0.3) is 0 Å². The monoisotopic (exact) mass is 366 g/mol. The van der Waals surface area contributed by atoms with E-state index >= 15 is 0 Å². The van der Waals surface area contributed by atoms with Crippen LogP contribution in [0, 0.1) is 0 Å². The molecule has 0 saturated carbocycles. The zero-order chi connectivity index (χ0) is 18.8. The van der Waals surface area contributed by atoms with Gasteiger partial charge < -0.3 is 24.9 Å². The first-order chi connectivity index (χ1) is 13.2. The van der Waals surface area contributed by atoms with E-state index < -0.39 is 6.10 Å². The third-order valence-corrected chi connectivity index (χ3v) is 5.56. The number of H-pyrrole nitrogens is 1. The van der Waals surface area contributed by atoms with Crippen molar-refractivity contribution in [2.75, 3.05) is 20.8 Å². The lowest BCUT2D eigenvalue weighted by molar-refractivity contribution is 0.118. The lowest BCUT2D eigenvalue weighted by Crippen LogP contribution is -2.46. The molecule has 5 nitrogen and oxygen atoms in total. The number of aromatic amines is 1. The highest BCUT2D eigenvalue weighted by Crippen LogP contribution is 2.36. The molecule has 3 N–H and O–H groups in total. The molecule has 0 saturated heterocycles. The molecule has 0 aliphatic heterocycles. The quantitative estimate of drug-likeness (QED) is 0.628. The van der Waals surface area contributed by atoms with Crippen molar-refractivity contribution in [1.82, 2.24) is 10.3 Å². The number of nitrogens with one attached hydrogen (secondary N) is 2. The van der Waals surface area contributed by atoms with E-state index in [1.54, 1.807) is 14.2 Å². The lowest BCUT2D eigenvalue weighted by Gasteiger charge is -2.32. The summed E-state index contributed by atoms with van der Waals surface area (Å²) in [5.41, 5.74) is 4.64. The number of aromatic nitrogens is 1. The molecule has 2 atom stereocenters. The van der Waals surface area contributed by atoms with Gasteiger partial charge in [-0.3, -0.25) is 0 Å². The molecule has 0 amide bonds. The van der Waals surface area contributed by atoms with Crippen molar-refractivity contribution in [1.29, 1.82) is 0 Å². The van der Waals surface area contributed by atoms with Crippen molar-refractivity contribution >= 4 is 10.9 Å². The van der Waals surface area contributed by atoms with Crippen LogP contribution >= 0.6 is 0 Å². The van der Waals surface area contributed by atoms with E-state index in [4.69, 9.17) is 9.47 Å². The molecule has 1 aliphatic carbocycles. The largest absolute Gasteiger partial charge is 0.496 e. The third kappa shape index (κ3) is 3.40. The number of aliphatic hydroxyl groups excluding tert-OH is 1. The minimum absolute atomic E-state index is 0.00344. The molecule has 1 heterocycles. The van der Waals surface area contributed by atoms with Crippen molar-refractivity contribution in [3.8, 4) is 11.5 Å². The Morgan fingerprint density at radius 1 is 1.04 bits per heavy atom. The van der Waals surface area contributed by atoms with Crippen LogP contribution in [0.3, 0.4) is 0 Å². The van der Waals surface area contributed by atoms with Gasteiger partial charge in [-0.05, 0) is 43.1 Å². The van der Waals surface area contributed by atoms with Crippen molar-refractivity contribution in [3.63, 3.8) is 0 Å².